The van der Waals surface area contributed by atoms with Gasteiger partial charge in [-0.25, -0.2) is 0 Å². The molecule has 0 amide bonds. The zero-order chi connectivity index (χ0) is 17.7. The van der Waals surface area contributed by atoms with Crippen molar-refractivity contribution in [3.05, 3.63) is 0 Å². The molecule has 4 rings (SSSR count). The van der Waals surface area contributed by atoms with Gasteiger partial charge in [0.15, 0.2) is 11.4 Å². The van der Waals surface area contributed by atoms with Gasteiger partial charge < -0.3 is 14.2 Å². The van der Waals surface area contributed by atoms with E-state index in [1.807, 2.05) is 0 Å². The Bertz CT molecular complexity index is 612. The SMILES string of the molecule is CCOC(=O)[C@]1(C)[C@@H]2CC(=O)[C@]3(OC2=O)[C@@H](C(=O)OC)CCC[C@@H]13. The molecule has 2 saturated carbocycles. The van der Waals surface area contributed by atoms with Gasteiger partial charge >= 0.3 is 17.9 Å². The van der Waals surface area contributed by atoms with Gasteiger partial charge in [0.2, 0.25) is 0 Å². The maximum atomic E-state index is 12.8. The van der Waals surface area contributed by atoms with Crippen LogP contribution in [-0.2, 0) is 33.4 Å². The number of hydrogen-bond donors (Lipinski definition) is 0. The number of carbonyl (C=O) groups excluding carboxylic acids is 4. The van der Waals surface area contributed by atoms with Gasteiger partial charge in [-0.2, -0.15) is 0 Å². The zero-order valence-electron chi connectivity index (χ0n) is 14.1. The number of fused-ring (bicyclic) bond motifs is 2. The van der Waals surface area contributed by atoms with Gasteiger partial charge in [-0.15, -0.1) is 0 Å². The van der Waals surface area contributed by atoms with Crippen molar-refractivity contribution < 1.29 is 33.4 Å². The standard InChI is InChI=1S/C17H22O7/c1-4-23-15(21)16(2)10-8-12(18)17(24-14(10)20)9(13(19)22-3)6-5-7-11(16)17/h9-11H,4-8H2,1-3H3/t9-,10-,11+,16-,17+/m1/s1. The first kappa shape index (κ1) is 16.9. The Balaban J connectivity index is 2.14. The van der Waals surface area contributed by atoms with Gasteiger partial charge in [0.05, 0.1) is 25.0 Å². The zero-order valence-corrected chi connectivity index (χ0v) is 14.1. The molecule has 132 valence electrons. The molecule has 2 bridgehead atoms. The van der Waals surface area contributed by atoms with Gasteiger partial charge in [0, 0.05) is 12.3 Å². The van der Waals surface area contributed by atoms with Crippen molar-refractivity contribution in [3.63, 3.8) is 0 Å². The van der Waals surface area contributed by atoms with E-state index in [4.69, 9.17) is 14.2 Å². The largest absolute Gasteiger partial charge is 0.469 e. The van der Waals surface area contributed by atoms with Crippen molar-refractivity contribution in [2.45, 2.75) is 45.1 Å². The summed E-state index contributed by atoms with van der Waals surface area (Å²) in [4.78, 5) is 50.3. The third-order valence-electron chi connectivity index (χ3n) is 6.05. The van der Waals surface area contributed by atoms with Crippen molar-refractivity contribution in [2.24, 2.45) is 23.2 Å². The molecule has 0 aromatic carbocycles. The Hall–Kier alpha value is -1.92. The van der Waals surface area contributed by atoms with Crippen LogP contribution in [0.5, 0.6) is 0 Å². The monoisotopic (exact) mass is 338 g/mol. The molecule has 2 aliphatic carbocycles. The predicted molar refractivity (Wildman–Crippen MR) is 79.5 cm³/mol. The second-order valence-electron chi connectivity index (χ2n) is 6.96. The molecule has 2 saturated heterocycles. The highest BCUT2D eigenvalue weighted by Gasteiger charge is 2.75. The number of carbonyl (C=O) groups is 4. The molecule has 5 atom stereocenters. The van der Waals surface area contributed by atoms with Crippen LogP contribution in [0.2, 0.25) is 0 Å². The molecule has 7 nitrogen and oxygen atoms in total. The summed E-state index contributed by atoms with van der Waals surface area (Å²) in [6.45, 7) is 3.55. The van der Waals surface area contributed by atoms with E-state index in [2.05, 4.69) is 0 Å². The molecule has 4 aliphatic rings. The normalized spacial score (nSPS) is 40.5. The highest BCUT2D eigenvalue weighted by molar-refractivity contribution is 6.04. The van der Waals surface area contributed by atoms with E-state index in [1.165, 1.54) is 7.11 Å². The quantitative estimate of drug-likeness (QED) is 0.560. The summed E-state index contributed by atoms with van der Waals surface area (Å²) in [6.07, 6.45) is 1.47. The first-order chi connectivity index (χ1) is 11.3. The topological polar surface area (TPSA) is 96.0 Å². The maximum absolute atomic E-state index is 12.8. The molecule has 2 heterocycles. The fourth-order valence-electron chi connectivity index (χ4n) is 4.90. The van der Waals surface area contributed by atoms with Crippen LogP contribution in [0.1, 0.15) is 39.5 Å². The van der Waals surface area contributed by atoms with E-state index in [1.54, 1.807) is 13.8 Å². The average molecular weight is 338 g/mol. The van der Waals surface area contributed by atoms with E-state index in [-0.39, 0.29) is 18.8 Å². The summed E-state index contributed by atoms with van der Waals surface area (Å²) in [5.41, 5.74) is -2.76. The first-order valence-electron chi connectivity index (χ1n) is 8.35. The lowest BCUT2D eigenvalue weighted by molar-refractivity contribution is -0.248. The van der Waals surface area contributed by atoms with Crippen molar-refractivity contribution in [1.82, 2.24) is 0 Å². The van der Waals surface area contributed by atoms with Gasteiger partial charge in [-0.05, 0) is 26.7 Å². The predicted octanol–water partition coefficient (Wildman–Crippen LogP) is 1.03. The molecule has 2 aliphatic heterocycles. The van der Waals surface area contributed by atoms with E-state index in [9.17, 15) is 19.2 Å². The van der Waals surface area contributed by atoms with Crippen LogP contribution in [0.25, 0.3) is 0 Å². The highest BCUT2D eigenvalue weighted by Crippen LogP contribution is 2.62. The number of rotatable bonds is 3. The lowest BCUT2D eigenvalue weighted by atomic mass is 9.47. The fraction of sp³-hybridized carbons (Fsp3) is 0.765. The maximum Gasteiger partial charge on any atom is 0.313 e. The summed E-state index contributed by atoms with van der Waals surface area (Å²) < 4.78 is 15.6. The molecule has 4 fully saturated rings. The molecule has 1 spiro atoms. The third kappa shape index (κ3) is 1.90. The van der Waals surface area contributed by atoms with Gasteiger partial charge in [0.25, 0.3) is 0 Å². The van der Waals surface area contributed by atoms with Crippen LogP contribution >= 0.6 is 0 Å². The minimum atomic E-state index is -1.60. The number of esters is 3. The third-order valence-corrected chi connectivity index (χ3v) is 6.05. The first-order valence-corrected chi connectivity index (χ1v) is 8.35. The lowest BCUT2D eigenvalue weighted by Gasteiger charge is -2.60. The van der Waals surface area contributed by atoms with Crippen LogP contribution in [-0.4, -0.2) is 43.0 Å². The second kappa shape index (κ2) is 5.57. The number of hydrogen-bond acceptors (Lipinski definition) is 7. The molecule has 0 aromatic rings. The van der Waals surface area contributed by atoms with Crippen LogP contribution in [0.15, 0.2) is 0 Å². The van der Waals surface area contributed by atoms with Crippen LogP contribution < -0.4 is 0 Å². The molecule has 0 unspecified atom stereocenters. The van der Waals surface area contributed by atoms with E-state index in [0.29, 0.717) is 19.3 Å². The Morgan fingerprint density at radius 2 is 2.00 bits per heavy atom. The van der Waals surface area contributed by atoms with Crippen molar-refractivity contribution in [1.29, 1.82) is 0 Å². The summed E-state index contributed by atoms with van der Waals surface area (Å²) in [5, 5.41) is 0. The van der Waals surface area contributed by atoms with Crippen LogP contribution in [0.3, 0.4) is 0 Å². The Morgan fingerprint density at radius 3 is 2.62 bits per heavy atom. The number of Topliss-reactive ketones (excluding diaryl/α,β-unsaturated/α-hetero) is 1. The lowest BCUT2D eigenvalue weighted by Crippen LogP contribution is -2.74. The summed E-state index contributed by atoms with van der Waals surface area (Å²) >= 11 is 0. The smallest absolute Gasteiger partial charge is 0.313 e. The van der Waals surface area contributed by atoms with E-state index < -0.39 is 46.7 Å². The fourth-order valence-corrected chi connectivity index (χ4v) is 4.90. The summed E-state index contributed by atoms with van der Waals surface area (Å²) in [7, 11) is 1.24. The summed E-state index contributed by atoms with van der Waals surface area (Å²) in [5.74, 6) is -4.25. The Morgan fingerprint density at radius 1 is 1.29 bits per heavy atom. The molecule has 0 N–H and O–H groups in total. The van der Waals surface area contributed by atoms with Crippen molar-refractivity contribution in [2.75, 3.05) is 13.7 Å². The molecular weight excluding hydrogens is 316 g/mol. The number of ether oxygens (including phenoxy) is 3. The van der Waals surface area contributed by atoms with Crippen LogP contribution in [0.4, 0.5) is 0 Å². The molecule has 0 aromatic heterocycles. The van der Waals surface area contributed by atoms with Gasteiger partial charge in [-0.3, -0.25) is 19.2 Å². The van der Waals surface area contributed by atoms with E-state index in [0.717, 1.165) is 0 Å². The molecular formula is C17H22O7. The Labute approximate surface area is 140 Å². The molecule has 7 heteroatoms. The van der Waals surface area contributed by atoms with Crippen molar-refractivity contribution >= 4 is 23.7 Å². The minimum absolute atomic E-state index is 0.0991. The molecule has 0 radical (unpaired) electrons. The van der Waals surface area contributed by atoms with Crippen molar-refractivity contribution in [3.8, 4) is 0 Å². The minimum Gasteiger partial charge on any atom is -0.469 e. The van der Waals surface area contributed by atoms with Gasteiger partial charge in [-0.1, -0.05) is 6.42 Å². The number of methoxy groups -OCH3 is 1. The average Bonchev–Trinajstić information content (AvgIpc) is 2.56. The van der Waals surface area contributed by atoms with Crippen LogP contribution in [0, 0.1) is 23.2 Å². The Kier molecular flexibility index (Phi) is 3.92. The van der Waals surface area contributed by atoms with E-state index >= 15 is 0 Å². The number of ketones is 1. The molecule has 24 heavy (non-hydrogen) atoms. The summed E-state index contributed by atoms with van der Waals surface area (Å²) in [6, 6.07) is 0. The van der Waals surface area contributed by atoms with Gasteiger partial charge in [0.1, 0.15) is 5.92 Å². The highest BCUT2D eigenvalue weighted by atomic mass is 16.6. The second-order valence-corrected chi connectivity index (χ2v) is 6.96.